The summed E-state index contributed by atoms with van der Waals surface area (Å²) in [7, 11) is 0. The van der Waals surface area contributed by atoms with Gasteiger partial charge in [-0.2, -0.15) is 0 Å². The summed E-state index contributed by atoms with van der Waals surface area (Å²) < 4.78 is 10.2. The first-order valence-electron chi connectivity index (χ1n) is 6.48. The van der Waals surface area contributed by atoms with Crippen molar-refractivity contribution in [3.05, 3.63) is 0 Å². The highest BCUT2D eigenvalue weighted by Crippen LogP contribution is 2.23. The molecule has 0 saturated carbocycles. The third-order valence-electron chi connectivity index (χ3n) is 2.61. The Labute approximate surface area is 114 Å². The van der Waals surface area contributed by atoms with Crippen LogP contribution in [0.1, 0.15) is 34.1 Å². The Bertz CT molecular complexity index is 291. The molecule has 1 amide bonds. The van der Waals surface area contributed by atoms with Gasteiger partial charge in [0, 0.05) is 32.1 Å². The second kappa shape index (κ2) is 8.87. The minimum absolute atomic E-state index is 0.253. The lowest BCUT2D eigenvalue weighted by Gasteiger charge is -2.30. The molecule has 0 radical (unpaired) electrons. The molecular formula is C13H25NO5. The van der Waals surface area contributed by atoms with E-state index in [1.54, 1.807) is 13.8 Å². The maximum Gasteiger partial charge on any atom is 0.303 e. The normalized spacial score (nSPS) is 12.9. The Morgan fingerprint density at radius 1 is 1.37 bits per heavy atom. The summed E-state index contributed by atoms with van der Waals surface area (Å²) in [5, 5.41) is 12.0. The van der Waals surface area contributed by atoms with E-state index in [4.69, 9.17) is 9.47 Å². The molecule has 6 heteroatoms. The number of ether oxygens (including phenoxy) is 2. The summed E-state index contributed by atoms with van der Waals surface area (Å²) in [5.41, 5.74) is -0.824. The maximum atomic E-state index is 12.0. The van der Waals surface area contributed by atoms with Crippen molar-refractivity contribution in [3.8, 4) is 0 Å². The Morgan fingerprint density at radius 2 is 2.00 bits per heavy atom. The molecule has 112 valence electrons. The van der Waals surface area contributed by atoms with Crippen molar-refractivity contribution in [2.24, 2.45) is 5.41 Å². The predicted octanol–water partition coefficient (Wildman–Crippen LogP) is 0.479. The van der Waals surface area contributed by atoms with Crippen LogP contribution >= 0.6 is 0 Å². The number of amides is 1. The van der Waals surface area contributed by atoms with Gasteiger partial charge in [-0.15, -0.1) is 0 Å². The molecule has 2 N–H and O–H groups in total. The summed E-state index contributed by atoms with van der Waals surface area (Å²) in [6.45, 7) is 7.87. The van der Waals surface area contributed by atoms with Crippen LogP contribution in [0.3, 0.4) is 0 Å². The van der Waals surface area contributed by atoms with E-state index in [-0.39, 0.29) is 6.61 Å². The van der Waals surface area contributed by atoms with Crippen molar-refractivity contribution in [2.45, 2.75) is 40.2 Å². The van der Waals surface area contributed by atoms with E-state index in [0.717, 1.165) is 0 Å². The Hall–Kier alpha value is -1.14. The van der Waals surface area contributed by atoms with Gasteiger partial charge in [0.05, 0.1) is 6.61 Å². The molecule has 1 atom stereocenters. The SMILES string of the molecule is CCOCCCNC(=O)[C@H](OC(C)=O)C(C)(C)CO. The lowest BCUT2D eigenvalue weighted by Crippen LogP contribution is -2.48. The number of rotatable bonds is 9. The molecule has 0 bridgehead atoms. The number of hydrogen-bond acceptors (Lipinski definition) is 5. The standard InChI is InChI=1S/C13H25NO5/c1-5-18-8-6-7-14-12(17)11(19-10(2)16)13(3,4)9-15/h11,15H,5-9H2,1-4H3,(H,14,17)/t11-/m0/s1. The smallest absolute Gasteiger partial charge is 0.303 e. The first-order valence-corrected chi connectivity index (χ1v) is 6.48. The van der Waals surface area contributed by atoms with Gasteiger partial charge in [-0.3, -0.25) is 9.59 Å². The second-order valence-corrected chi connectivity index (χ2v) is 4.98. The van der Waals surface area contributed by atoms with E-state index in [2.05, 4.69) is 5.32 Å². The Balaban J connectivity index is 4.35. The van der Waals surface area contributed by atoms with Gasteiger partial charge in [-0.05, 0) is 13.3 Å². The summed E-state index contributed by atoms with van der Waals surface area (Å²) >= 11 is 0. The van der Waals surface area contributed by atoms with E-state index in [9.17, 15) is 14.7 Å². The molecule has 6 nitrogen and oxygen atoms in total. The summed E-state index contributed by atoms with van der Waals surface area (Å²) in [6, 6.07) is 0. The number of carbonyl (C=O) groups excluding carboxylic acids is 2. The topological polar surface area (TPSA) is 84.9 Å². The first kappa shape index (κ1) is 17.9. The quantitative estimate of drug-likeness (QED) is 0.472. The molecule has 0 aromatic carbocycles. The van der Waals surface area contributed by atoms with Gasteiger partial charge in [0.1, 0.15) is 0 Å². The Kier molecular flexibility index (Phi) is 8.34. The van der Waals surface area contributed by atoms with E-state index < -0.39 is 23.4 Å². The highest BCUT2D eigenvalue weighted by atomic mass is 16.5. The van der Waals surface area contributed by atoms with Gasteiger partial charge in [0.25, 0.3) is 5.91 Å². The van der Waals surface area contributed by atoms with Gasteiger partial charge in [-0.25, -0.2) is 0 Å². The van der Waals surface area contributed by atoms with Crippen LogP contribution in [-0.4, -0.2) is 49.5 Å². The fraction of sp³-hybridized carbons (Fsp3) is 0.846. The average molecular weight is 275 g/mol. The molecule has 0 fully saturated rings. The highest BCUT2D eigenvalue weighted by Gasteiger charge is 2.37. The lowest BCUT2D eigenvalue weighted by atomic mass is 9.86. The van der Waals surface area contributed by atoms with E-state index in [0.29, 0.717) is 26.2 Å². The van der Waals surface area contributed by atoms with Gasteiger partial charge in [0.15, 0.2) is 6.10 Å². The zero-order chi connectivity index (χ0) is 14.9. The molecule has 0 aromatic heterocycles. The van der Waals surface area contributed by atoms with Gasteiger partial charge < -0.3 is 19.9 Å². The number of aliphatic hydroxyl groups is 1. The number of aliphatic hydroxyl groups excluding tert-OH is 1. The molecule has 0 aliphatic rings. The van der Waals surface area contributed by atoms with Crippen molar-refractivity contribution >= 4 is 11.9 Å². The van der Waals surface area contributed by atoms with Crippen LogP contribution in [0.25, 0.3) is 0 Å². The fourth-order valence-electron chi connectivity index (χ4n) is 1.44. The third kappa shape index (κ3) is 7.12. The minimum atomic E-state index is -0.998. The first-order chi connectivity index (χ1) is 8.85. The number of hydrogen-bond donors (Lipinski definition) is 2. The minimum Gasteiger partial charge on any atom is -0.452 e. The van der Waals surface area contributed by atoms with Gasteiger partial charge in [-0.1, -0.05) is 13.8 Å². The molecule has 0 aliphatic heterocycles. The van der Waals surface area contributed by atoms with Crippen LogP contribution in [-0.2, 0) is 19.1 Å². The monoisotopic (exact) mass is 275 g/mol. The van der Waals surface area contributed by atoms with Crippen LogP contribution in [0.15, 0.2) is 0 Å². The van der Waals surface area contributed by atoms with Crippen LogP contribution in [0.2, 0.25) is 0 Å². The predicted molar refractivity (Wildman–Crippen MR) is 70.5 cm³/mol. The number of carbonyl (C=O) groups is 2. The van der Waals surface area contributed by atoms with E-state index >= 15 is 0 Å². The summed E-state index contributed by atoms with van der Waals surface area (Å²) in [6.07, 6.45) is -0.312. The van der Waals surface area contributed by atoms with Crippen LogP contribution < -0.4 is 5.32 Å². The lowest BCUT2D eigenvalue weighted by molar-refractivity contribution is -0.163. The third-order valence-corrected chi connectivity index (χ3v) is 2.61. The summed E-state index contributed by atoms with van der Waals surface area (Å²) in [4.78, 5) is 23.0. The largest absolute Gasteiger partial charge is 0.452 e. The molecule has 0 aliphatic carbocycles. The van der Waals surface area contributed by atoms with Crippen molar-refractivity contribution in [3.63, 3.8) is 0 Å². The number of esters is 1. The Morgan fingerprint density at radius 3 is 2.47 bits per heavy atom. The zero-order valence-corrected chi connectivity index (χ0v) is 12.2. The number of nitrogens with one attached hydrogen (secondary N) is 1. The van der Waals surface area contributed by atoms with Crippen molar-refractivity contribution in [1.29, 1.82) is 0 Å². The molecule has 19 heavy (non-hydrogen) atoms. The molecular weight excluding hydrogens is 250 g/mol. The van der Waals surface area contributed by atoms with Gasteiger partial charge >= 0.3 is 5.97 Å². The maximum absolute atomic E-state index is 12.0. The van der Waals surface area contributed by atoms with E-state index in [1.165, 1.54) is 6.92 Å². The molecule has 0 heterocycles. The summed E-state index contributed by atoms with van der Waals surface area (Å²) in [5.74, 6) is -0.943. The van der Waals surface area contributed by atoms with Crippen molar-refractivity contribution in [2.75, 3.05) is 26.4 Å². The van der Waals surface area contributed by atoms with Crippen LogP contribution in [0.5, 0.6) is 0 Å². The van der Waals surface area contributed by atoms with E-state index in [1.807, 2.05) is 6.92 Å². The van der Waals surface area contributed by atoms with Crippen molar-refractivity contribution < 1.29 is 24.2 Å². The second-order valence-electron chi connectivity index (χ2n) is 4.98. The highest BCUT2D eigenvalue weighted by molar-refractivity contribution is 5.84. The van der Waals surface area contributed by atoms with Crippen molar-refractivity contribution in [1.82, 2.24) is 5.32 Å². The molecule has 0 aromatic rings. The molecule has 0 spiro atoms. The molecule has 0 unspecified atom stereocenters. The molecule has 0 saturated heterocycles. The molecule has 0 rings (SSSR count). The van der Waals surface area contributed by atoms with Crippen LogP contribution in [0.4, 0.5) is 0 Å². The van der Waals surface area contributed by atoms with Gasteiger partial charge in [0.2, 0.25) is 0 Å². The fourth-order valence-corrected chi connectivity index (χ4v) is 1.44. The van der Waals surface area contributed by atoms with Crippen LogP contribution in [0, 0.1) is 5.41 Å². The zero-order valence-electron chi connectivity index (χ0n) is 12.2. The average Bonchev–Trinajstić information content (AvgIpc) is 2.35.